The van der Waals surface area contributed by atoms with Crippen molar-refractivity contribution < 1.29 is 13.2 Å². The molecule has 1 aliphatic heterocycles. The number of alkyl halides is 3. The van der Waals surface area contributed by atoms with E-state index in [0.717, 1.165) is 24.1 Å². The summed E-state index contributed by atoms with van der Waals surface area (Å²) in [6.07, 6.45) is 4.47. The van der Waals surface area contributed by atoms with Crippen LogP contribution in [0.5, 0.6) is 0 Å². The average molecular weight is 257 g/mol. The van der Waals surface area contributed by atoms with E-state index >= 15 is 0 Å². The molecule has 0 radical (unpaired) electrons. The number of halogens is 3. The smallest absolute Gasteiger partial charge is 0.293 e. The largest absolute Gasteiger partial charge is 0.446 e. The van der Waals surface area contributed by atoms with Crippen molar-refractivity contribution in [3.8, 4) is 0 Å². The summed E-state index contributed by atoms with van der Waals surface area (Å²) in [6.45, 7) is 0.741. The third-order valence-corrected chi connectivity index (χ3v) is 3.09. The van der Waals surface area contributed by atoms with Gasteiger partial charge in [0.15, 0.2) is 0 Å². The quantitative estimate of drug-likeness (QED) is 0.725. The molecular weight excluding hydrogens is 247 g/mol. The fourth-order valence-corrected chi connectivity index (χ4v) is 2.14. The minimum absolute atomic E-state index is 0.0897. The van der Waals surface area contributed by atoms with Crippen LogP contribution in [0.1, 0.15) is 12.0 Å². The number of allylic oxidation sites excluding steroid dienone is 1. The van der Waals surface area contributed by atoms with Crippen molar-refractivity contribution in [3.05, 3.63) is 35.9 Å². The molecule has 90 valence electrons. The van der Waals surface area contributed by atoms with Gasteiger partial charge < -0.3 is 0 Å². The van der Waals surface area contributed by atoms with Crippen LogP contribution in [0.15, 0.2) is 40.2 Å². The van der Waals surface area contributed by atoms with Crippen LogP contribution in [0, 0.1) is 0 Å². The standard InChI is InChI=1S/C12H10F3NS/c13-12(14,15)17-11-3-1-9(2-4-11)10-5-7-16-8-6-10/h1-5,7H,6,8H2. The highest BCUT2D eigenvalue weighted by atomic mass is 32.2. The van der Waals surface area contributed by atoms with Gasteiger partial charge in [-0.3, -0.25) is 4.99 Å². The molecule has 0 aromatic heterocycles. The molecular formula is C12H10F3NS. The Bertz CT molecular complexity index is 446. The summed E-state index contributed by atoms with van der Waals surface area (Å²) in [7, 11) is 0. The zero-order valence-electron chi connectivity index (χ0n) is 8.87. The number of thioether (sulfide) groups is 1. The van der Waals surface area contributed by atoms with Crippen molar-refractivity contribution in [3.63, 3.8) is 0 Å². The van der Waals surface area contributed by atoms with Crippen LogP contribution < -0.4 is 0 Å². The van der Waals surface area contributed by atoms with Crippen molar-refractivity contribution in [1.82, 2.24) is 0 Å². The van der Waals surface area contributed by atoms with Gasteiger partial charge in [0, 0.05) is 17.7 Å². The number of hydrogen-bond donors (Lipinski definition) is 0. The molecule has 0 bridgehead atoms. The van der Waals surface area contributed by atoms with Gasteiger partial charge in [0.1, 0.15) is 0 Å². The van der Waals surface area contributed by atoms with E-state index in [2.05, 4.69) is 4.99 Å². The summed E-state index contributed by atoms with van der Waals surface area (Å²) in [4.78, 5) is 4.28. The summed E-state index contributed by atoms with van der Waals surface area (Å²) >= 11 is -0.0897. The average Bonchev–Trinajstić information content (AvgIpc) is 2.29. The van der Waals surface area contributed by atoms with E-state index in [1.165, 1.54) is 12.1 Å². The van der Waals surface area contributed by atoms with E-state index in [0.29, 0.717) is 0 Å². The molecule has 0 spiro atoms. The number of aliphatic imine (C=N–C) groups is 1. The van der Waals surface area contributed by atoms with Gasteiger partial charge in [-0.05, 0) is 47.5 Å². The van der Waals surface area contributed by atoms with E-state index in [1.54, 1.807) is 18.3 Å². The van der Waals surface area contributed by atoms with Gasteiger partial charge in [-0.2, -0.15) is 13.2 Å². The second kappa shape index (κ2) is 4.96. The second-order valence-electron chi connectivity index (χ2n) is 3.57. The summed E-state index contributed by atoms with van der Waals surface area (Å²) in [5.74, 6) is 0. The predicted molar refractivity (Wildman–Crippen MR) is 64.3 cm³/mol. The Kier molecular flexibility index (Phi) is 3.57. The number of nitrogens with zero attached hydrogens (tertiary/aromatic N) is 1. The first-order chi connectivity index (χ1) is 8.04. The SMILES string of the molecule is FC(F)(F)Sc1ccc(C2=CC=NCC2)cc1. The van der Waals surface area contributed by atoms with E-state index in [4.69, 9.17) is 0 Å². The first-order valence-corrected chi connectivity index (χ1v) is 5.91. The summed E-state index contributed by atoms with van der Waals surface area (Å²) in [6, 6.07) is 6.44. The molecule has 1 nitrogen and oxygen atoms in total. The molecule has 1 aromatic carbocycles. The molecule has 0 N–H and O–H groups in total. The van der Waals surface area contributed by atoms with Crippen LogP contribution in [-0.2, 0) is 0 Å². The summed E-state index contributed by atoms with van der Waals surface area (Å²) < 4.78 is 36.4. The van der Waals surface area contributed by atoms with Crippen molar-refractivity contribution in [2.45, 2.75) is 16.8 Å². The molecule has 2 rings (SSSR count). The number of benzene rings is 1. The van der Waals surface area contributed by atoms with Gasteiger partial charge in [0.25, 0.3) is 0 Å². The molecule has 1 heterocycles. The van der Waals surface area contributed by atoms with Gasteiger partial charge in [-0.1, -0.05) is 12.1 Å². The van der Waals surface area contributed by atoms with E-state index in [-0.39, 0.29) is 16.7 Å². The second-order valence-corrected chi connectivity index (χ2v) is 4.71. The topological polar surface area (TPSA) is 12.4 Å². The van der Waals surface area contributed by atoms with Crippen molar-refractivity contribution >= 4 is 23.5 Å². The zero-order valence-corrected chi connectivity index (χ0v) is 9.68. The van der Waals surface area contributed by atoms with Crippen LogP contribution in [-0.4, -0.2) is 18.3 Å². The van der Waals surface area contributed by atoms with Crippen LogP contribution >= 0.6 is 11.8 Å². The van der Waals surface area contributed by atoms with Gasteiger partial charge in [0.2, 0.25) is 0 Å². The summed E-state index contributed by atoms with van der Waals surface area (Å²) in [5, 5.41) is 0. The van der Waals surface area contributed by atoms with Crippen molar-refractivity contribution in [2.24, 2.45) is 4.99 Å². The summed E-state index contributed by atoms with van der Waals surface area (Å²) in [5.41, 5.74) is -2.15. The molecule has 17 heavy (non-hydrogen) atoms. The maximum Gasteiger partial charge on any atom is 0.446 e. The molecule has 0 aliphatic carbocycles. The minimum Gasteiger partial charge on any atom is -0.293 e. The highest BCUT2D eigenvalue weighted by Crippen LogP contribution is 2.37. The van der Waals surface area contributed by atoms with Gasteiger partial charge >= 0.3 is 5.51 Å². The maximum absolute atomic E-state index is 12.1. The highest BCUT2D eigenvalue weighted by Gasteiger charge is 2.29. The van der Waals surface area contributed by atoms with E-state index in [1.807, 2.05) is 6.08 Å². The van der Waals surface area contributed by atoms with Crippen molar-refractivity contribution in [1.29, 1.82) is 0 Å². The third-order valence-electron chi connectivity index (χ3n) is 2.35. The van der Waals surface area contributed by atoms with Crippen LogP contribution in [0.25, 0.3) is 5.57 Å². The zero-order chi connectivity index (χ0) is 12.3. The normalized spacial score (nSPS) is 15.8. The molecule has 1 aromatic rings. The molecule has 5 heteroatoms. The Hall–Kier alpha value is -1.23. The number of hydrogen-bond acceptors (Lipinski definition) is 2. The Labute approximate surface area is 101 Å². The number of rotatable bonds is 2. The highest BCUT2D eigenvalue weighted by molar-refractivity contribution is 8.00. The molecule has 0 fully saturated rings. The number of dihydropyridines is 1. The Morgan fingerprint density at radius 3 is 2.35 bits per heavy atom. The fraction of sp³-hybridized carbons (Fsp3) is 0.250. The monoisotopic (exact) mass is 257 g/mol. The van der Waals surface area contributed by atoms with Crippen LogP contribution in [0.2, 0.25) is 0 Å². The van der Waals surface area contributed by atoms with Gasteiger partial charge in [-0.25, -0.2) is 0 Å². The first-order valence-electron chi connectivity index (χ1n) is 5.10. The maximum atomic E-state index is 12.1. The third kappa shape index (κ3) is 3.63. The molecule has 0 saturated carbocycles. The van der Waals surface area contributed by atoms with E-state index < -0.39 is 5.51 Å². The lowest BCUT2D eigenvalue weighted by molar-refractivity contribution is -0.0328. The molecule has 1 aliphatic rings. The lowest BCUT2D eigenvalue weighted by atomic mass is 10.0. The van der Waals surface area contributed by atoms with E-state index in [9.17, 15) is 13.2 Å². The van der Waals surface area contributed by atoms with Gasteiger partial charge in [-0.15, -0.1) is 0 Å². The van der Waals surface area contributed by atoms with Crippen LogP contribution in [0.3, 0.4) is 0 Å². The molecule has 0 unspecified atom stereocenters. The Balaban J connectivity index is 2.13. The lowest BCUT2D eigenvalue weighted by Gasteiger charge is -2.10. The minimum atomic E-state index is -4.22. The Morgan fingerprint density at radius 1 is 1.12 bits per heavy atom. The molecule has 0 saturated heterocycles. The van der Waals surface area contributed by atoms with Crippen LogP contribution in [0.4, 0.5) is 13.2 Å². The fourth-order valence-electron chi connectivity index (χ4n) is 1.60. The molecule has 0 amide bonds. The lowest BCUT2D eigenvalue weighted by Crippen LogP contribution is -1.99. The van der Waals surface area contributed by atoms with Crippen molar-refractivity contribution in [2.75, 3.05) is 6.54 Å². The van der Waals surface area contributed by atoms with Gasteiger partial charge in [0.05, 0.1) is 0 Å². The molecule has 0 atom stereocenters. The first kappa shape index (κ1) is 12.2. The Morgan fingerprint density at radius 2 is 1.82 bits per heavy atom. The predicted octanol–water partition coefficient (Wildman–Crippen LogP) is 4.16.